The fourth-order valence-electron chi connectivity index (χ4n) is 2.53. The predicted octanol–water partition coefficient (Wildman–Crippen LogP) is 1.66. The molecule has 2 aliphatic rings. The van der Waals surface area contributed by atoms with E-state index in [1.54, 1.807) is 6.07 Å². The third kappa shape index (κ3) is 2.25. The SMILES string of the molecule is Nc1cc(Cl)nc(N2CCC3(CC2)OCCO3)c1. The van der Waals surface area contributed by atoms with Crippen molar-refractivity contribution in [2.75, 3.05) is 36.9 Å². The lowest BCUT2D eigenvalue weighted by molar-refractivity contribution is -0.169. The Labute approximate surface area is 111 Å². The predicted molar refractivity (Wildman–Crippen MR) is 69.7 cm³/mol. The molecule has 2 saturated heterocycles. The minimum Gasteiger partial charge on any atom is -0.399 e. The normalized spacial score (nSPS) is 22.6. The first-order chi connectivity index (χ1) is 8.67. The molecule has 5 nitrogen and oxygen atoms in total. The molecule has 1 aromatic heterocycles. The molecule has 0 radical (unpaired) electrons. The Morgan fingerprint density at radius 1 is 1.22 bits per heavy atom. The second-order valence-corrected chi connectivity index (χ2v) is 5.06. The highest BCUT2D eigenvalue weighted by atomic mass is 35.5. The molecule has 2 fully saturated rings. The van der Waals surface area contributed by atoms with E-state index in [1.807, 2.05) is 6.07 Å². The van der Waals surface area contributed by atoms with Gasteiger partial charge in [-0.1, -0.05) is 11.6 Å². The first-order valence-corrected chi connectivity index (χ1v) is 6.51. The maximum atomic E-state index is 5.92. The molecule has 3 rings (SSSR count). The van der Waals surface area contributed by atoms with Crippen molar-refractivity contribution in [1.29, 1.82) is 0 Å². The number of nitrogens with two attached hydrogens (primary N) is 1. The van der Waals surface area contributed by atoms with Gasteiger partial charge in [-0.05, 0) is 6.07 Å². The van der Waals surface area contributed by atoms with Crippen LogP contribution in [-0.2, 0) is 9.47 Å². The minimum absolute atomic E-state index is 0.360. The van der Waals surface area contributed by atoms with Gasteiger partial charge in [0.05, 0.1) is 13.2 Å². The van der Waals surface area contributed by atoms with Gasteiger partial charge in [-0.3, -0.25) is 0 Å². The average molecular weight is 270 g/mol. The molecule has 98 valence electrons. The lowest BCUT2D eigenvalue weighted by Gasteiger charge is -2.38. The molecule has 2 aliphatic heterocycles. The molecule has 0 unspecified atom stereocenters. The average Bonchev–Trinajstić information content (AvgIpc) is 2.77. The van der Waals surface area contributed by atoms with Gasteiger partial charge in [-0.2, -0.15) is 0 Å². The summed E-state index contributed by atoms with van der Waals surface area (Å²) in [4.78, 5) is 6.47. The van der Waals surface area contributed by atoms with Gasteiger partial charge in [0, 0.05) is 37.7 Å². The van der Waals surface area contributed by atoms with E-state index in [0.717, 1.165) is 31.7 Å². The van der Waals surface area contributed by atoms with Crippen LogP contribution in [0, 0.1) is 0 Å². The number of piperidine rings is 1. The summed E-state index contributed by atoms with van der Waals surface area (Å²) in [6, 6.07) is 3.50. The quantitative estimate of drug-likeness (QED) is 0.786. The van der Waals surface area contributed by atoms with E-state index in [9.17, 15) is 0 Å². The summed E-state index contributed by atoms with van der Waals surface area (Å²) in [5, 5.41) is 0.429. The molecule has 3 heterocycles. The largest absolute Gasteiger partial charge is 0.399 e. The number of ether oxygens (including phenoxy) is 2. The Bertz CT molecular complexity index is 419. The molecule has 0 aliphatic carbocycles. The molecule has 6 heteroatoms. The highest BCUT2D eigenvalue weighted by Gasteiger charge is 2.40. The molecular formula is C12H16ClN3O2. The van der Waals surface area contributed by atoms with Crippen molar-refractivity contribution < 1.29 is 9.47 Å². The molecule has 2 N–H and O–H groups in total. The molecule has 0 aromatic carbocycles. The Morgan fingerprint density at radius 2 is 1.89 bits per heavy atom. The zero-order chi connectivity index (χ0) is 12.6. The first-order valence-electron chi connectivity index (χ1n) is 6.13. The number of anilines is 2. The second kappa shape index (κ2) is 4.57. The second-order valence-electron chi connectivity index (χ2n) is 4.68. The fraction of sp³-hybridized carbons (Fsp3) is 0.583. The summed E-state index contributed by atoms with van der Waals surface area (Å²) in [7, 11) is 0. The van der Waals surface area contributed by atoms with E-state index in [0.29, 0.717) is 24.1 Å². The van der Waals surface area contributed by atoms with Crippen molar-refractivity contribution in [2.45, 2.75) is 18.6 Å². The summed E-state index contributed by atoms with van der Waals surface area (Å²) in [5.41, 5.74) is 6.42. The zero-order valence-corrected chi connectivity index (χ0v) is 10.8. The number of pyridine rings is 1. The van der Waals surface area contributed by atoms with E-state index in [-0.39, 0.29) is 5.79 Å². The molecule has 1 spiro atoms. The van der Waals surface area contributed by atoms with Gasteiger partial charge in [0.25, 0.3) is 0 Å². The van der Waals surface area contributed by atoms with E-state index < -0.39 is 0 Å². The van der Waals surface area contributed by atoms with Crippen LogP contribution in [-0.4, -0.2) is 37.1 Å². The number of hydrogen-bond acceptors (Lipinski definition) is 5. The summed E-state index contributed by atoms with van der Waals surface area (Å²) >= 11 is 5.92. The van der Waals surface area contributed by atoms with Gasteiger partial charge in [0.1, 0.15) is 11.0 Å². The Hall–Kier alpha value is -1.04. The topological polar surface area (TPSA) is 60.6 Å². The molecule has 0 amide bonds. The van der Waals surface area contributed by atoms with Gasteiger partial charge in [-0.25, -0.2) is 4.98 Å². The fourth-order valence-corrected chi connectivity index (χ4v) is 2.74. The Balaban J connectivity index is 1.72. The highest BCUT2D eigenvalue weighted by molar-refractivity contribution is 6.29. The van der Waals surface area contributed by atoms with Crippen molar-refractivity contribution in [3.8, 4) is 0 Å². The third-order valence-electron chi connectivity index (χ3n) is 3.47. The van der Waals surface area contributed by atoms with Crippen molar-refractivity contribution in [3.63, 3.8) is 0 Å². The minimum atomic E-state index is -0.360. The number of aromatic nitrogens is 1. The standard InChI is InChI=1S/C12H16ClN3O2/c13-10-7-9(14)8-11(15-10)16-3-1-12(2-4-16)17-5-6-18-12/h7-8H,1-6H2,(H2,14,15). The summed E-state index contributed by atoms with van der Waals surface area (Å²) in [6.45, 7) is 3.07. The summed E-state index contributed by atoms with van der Waals surface area (Å²) in [6.07, 6.45) is 1.70. The monoisotopic (exact) mass is 269 g/mol. The number of nitrogens with zero attached hydrogens (tertiary/aromatic N) is 2. The summed E-state index contributed by atoms with van der Waals surface area (Å²) in [5.74, 6) is 0.466. The molecule has 1 aromatic rings. The molecule has 18 heavy (non-hydrogen) atoms. The maximum absolute atomic E-state index is 5.92. The third-order valence-corrected chi connectivity index (χ3v) is 3.66. The van der Waals surface area contributed by atoms with Crippen molar-refractivity contribution >= 4 is 23.1 Å². The van der Waals surface area contributed by atoms with Gasteiger partial charge in [-0.15, -0.1) is 0 Å². The number of hydrogen-bond donors (Lipinski definition) is 1. The summed E-state index contributed by atoms with van der Waals surface area (Å²) < 4.78 is 11.4. The van der Waals surface area contributed by atoms with E-state index in [1.165, 1.54) is 0 Å². The van der Waals surface area contributed by atoms with E-state index in [2.05, 4.69) is 9.88 Å². The Kier molecular flexibility index (Phi) is 3.05. The van der Waals surface area contributed by atoms with Crippen LogP contribution in [0.4, 0.5) is 11.5 Å². The smallest absolute Gasteiger partial charge is 0.171 e. The highest BCUT2D eigenvalue weighted by Crippen LogP contribution is 2.33. The molecular weight excluding hydrogens is 254 g/mol. The van der Waals surface area contributed by atoms with Crippen LogP contribution in [0.5, 0.6) is 0 Å². The van der Waals surface area contributed by atoms with E-state index >= 15 is 0 Å². The Morgan fingerprint density at radius 3 is 2.50 bits per heavy atom. The van der Waals surface area contributed by atoms with Crippen LogP contribution >= 0.6 is 11.6 Å². The van der Waals surface area contributed by atoms with Crippen LogP contribution in [0.25, 0.3) is 0 Å². The first kappa shape index (κ1) is 12.0. The van der Waals surface area contributed by atoms with E-state index in [4.69, 9.17) is 26.8 Å². The molecule has 0 bridgehead atoms. The van der Waals surface area contributed by atoms with Crippen LogP contribution in [0.1, 0.15) is 12.8 Å². The van der Waals surface area contributed by atoms with Crippen LogP contribution in [0.3, 0.4) is 0 Å². The van der Waals surface area contributed by atoms with Gasteiger partial charge in [0.15, 0.2) is 5.79 Å². The lowest BCUT2D eigenvalue weighted by Crippen LogP contribution is -2.45. The van der Waals surface area contributed by atoms with Crippen LogP contribution in [0.15, 0.2) is 12.1 Å². The maximum Gasteiger partial charge on any atom is 0.171 e. The van der Waals surface area contributed by atoms with Gasteiger partial charge >= 0.3 is 0 Å². The zero-order valence-electron chi connectivity index (χ0n) is 10.1. The van der Waals surface area contributed by atoms with Crippen molar-refractivity contribution in [2.24, 2.45) is 0 Å². The van der Waals surface area contributed by atoms with Crippen LogP contribution < -0.4 is 10.6 Å². The molecule has 0 saturated carbocycles. The van der Waals surface area contributed by atoms with Gasteiger partial charge in [0.2, 0.25) is 0 Å². The molecule has 0 atom stereocenters. The van der Waals surface area contributed by atoms with Crippen LogP contribution in [0.2, 0.25) is 5.15 Å². The van der Waals surface area contributed by atoms with Gasteiger partial charge < -0.3 is 20.1 Å². The van der Waals surface area contributed by atoms with Crippen molar-refractivity contribution in [1.82, 2.24) is 4.98 Å². The lowest BCUT2D eigenvalue weighted by atomic mass is 10.0. The number of halogens is 1. The van der Waals surface area contributed by atoms with Crippen molar-refractivity contribution in [3.05, 3.63) is 17.3 Å². The number of rotatable bonds is 1. The number of nitrogen functional groups attached to an aromatic ring is 1.